The minimum atomic E-state index is -4.12. The summed E-state index contributed by atoms with van der Waals surface area (Å²) >= 11 is 0. The van der Waals surface area contributed by atoms with Gasteiger partial charge < -0.3 is 5.32 Å². The summed E-state index contributed by atoms with van der Waals surface area (Å²) in [6.07, 6.45) is 9.00. The van der Waals surface area contributed by atoms with Gasteiger partial charge in [0, 0.05) is 47.6 Å². The van der Waals surface area contributed by atoms with Crippen LogP contribution in [-0.4, -0.2) is 58.8 Å². The normalized spacial score (nSPS) is 14.5. The van der Waals surface area contributed by atoms with Gasteiger partial charge in [0.1, 0.15) is 0 Å². The molecule has 2 heterocycles. The first-order valence-corrected chi connectivity index (χ1v) is 11.5. The zero-order valence-corrected chi connectivity index (χ0v) is 20.1. The maximum atomic E-state index is 12.7. The number of carbonyl (C=O) groups is 1. The minimum absolute atomic E-state index is 0. The van der Waals surface area contributed by atoms with Gasteiger partial charge in [-0.2, -0.15) is 13.5 Å². The third-order valence-corrected chi connectivity index (χ3v) is 6.89. The summed E-state index contributed by atoms with van der Waals surface area (Å²) in [4.78, 5) is 16.8. The van der Waals surface area contributed by atoms with Gasteiger partial charge in [-0.1, -0.05) is 12.1 Å². The number of fused-ring (bicyclic) bond motifs is 2. The van der Waals surface area contributed by atoms with E-state index in [1.807, 2.05) is 0 Å². The average molecular weight is 446 g/mol. The smallest absolute Gasteiger partial charge is 0.307 e. The molecule has 0 saturated heterocycles. The van der Waals surface area contributed by atoms with E-state index in [1.165, 1.54) is 28.1 Å². The summed E-state index contributed by atoms with van der Waals surface area (Å²) in [7, 11) is -4.12. The van der Waals surface area contributed by atoms with Crippen LogP contribution in [0, 0.1) is 0 Å². The van der Waals surface area contributed by atoms with E-state index in [9.17, 15) is 13.2 Å². The molecule has 0 spiro atoms. The molecule has 2 aliphatic carbocycles. The third-order valence-electron chi connectivity index (χ3n) is 5.66. The van der Waals surface area contributed by atoms with Gasteiger partial charge in [-0.15, -0.1) is 0 Å². The molecule has 155 valence electrons. The molecular weight excluding hydrogens is 425 g/mol. The van der Waals surface area contributed by atoms with Crippen LogP contribution in [0.1, 0.15) is 35.1 Å². The molecule has 0 unspecified atom stereocenters. The van der Waals surface area contributed by atoms with E-state index in [4.69, 9.17) is 0 Å². The van der Waals surface area contributed by atoms with E-state index >= 15 is 0 Å². The number of nitrogens with zero attached hydrogens (tertiary/aromatic N) is 3. The number of aromatic nitrogens is 3. The van der Waals surface area contributed by atoms with E-state index < -0.39 is 16.1 Å². The number of sulfonamides is 1. The van der Waals surface area contributed by atoms with Gasteiger partial charge in [-0.25, -0.2) is 19.2 Å². The first-order chi connectivity index (χ1) is 14.5. The molecule has 3 aromatic rings. The number of nitrogens with one attached hydrogen (secondary N) is 2. The number of benzene rings is 1. The van der Waals surface area contributed by atoms with Crippen LogP contribution in [-0.2, 0) is 35.7 Å². The van der Waals surface area contributed by atoms with Crippen LogP contribution in [0.25, 0.3) is 5.82 Å². The quantitative estimate of drug-likeness (QED) is 0.599. The van der Waals surface area contributed by atoms with Crippen LogP contribution in [0.3, 0.4) is 0 Å². The van der Waals surface area contributed by atoms with Crippen molar-refractivity contribution >= 4 is 51.3 Å². The molecule has 8 nitrogen and oxygen atoms in total. The van der Waals surface area contributed by atoms with Crippen molar-refractivity contribution in [2.45, 2.75) is 43.6 Å². The van der Waals surface area contributed by atoms with Crippen molar-refractivity contribution < 1.29 is 13.2 Å². The SMILES string of the molecule is O=C(Nc1c2c(cc3c1CCC3)CCC2)NS(=O)(=O)c1ccn(-c2ccccn2)n1.[Na]. The Hall–Kier alpha value is -2.20. The Labute approximate surface area is 202 Å². The Morgan fingerprint density at radius 2 is 1.71 bits per heavy atom. The Kier molecular flexibility index (Phi) is 6.20. The molecule has 10 heteroatoms. The number of aryl methyl sites for hydroxylation is 2. The number of urea groups is 1. The van der Waals surface area contributed by atoms with Crippen LogP contribution in [0.5, 0.6) is 0 Å². The second-order valence-corrected chi connectivity index (χ2v) is 9.21. The first kappa shape index (κ1) is 22.0. The molecule has 0 fully saturated rings. The molecule has 2 amide bonds. The van der Waals surface area contributed by atoms with E-state index in [2.05, 4.69) is 26.2 Å². The van der Waals surface area contributed by atoms with Gasteiger partial charge in [0.25, 0.3) is 10.0 Å². The number of hydrogen-bond donors (Lipinski definition) is 2. The number of rotatable bonds is 4. The van der Waals surface area contributed by atoms with Crippen LogP contribution in [0.4, 0.5) is 10.5 Å². The summed E-state index contributed by atoms with van der Waals surface area (Å²) in [6.45, 7) is 0. The zero-order valence-electron chi connectivity index (χ0n) is 17.3. The number of amides is 2. The molecule has 1 aromatic carbocycles. The predicted molar refractivity (Wildman–Crippen MR) is 117 cm³/mol. The van der Waals surface area contributed by atoms with Gasteiger partial charge in [0.05, 0.1) is 0 Å². The van der Waals surface area contributed by atoms with Crippen molar-refractivity contribution in [3.8, 4) is 5.82 Å². The molecular formula is C21H21N5NaO3S. The van der Waals surface area contributed by atoms with Crippen molar-refractivity contribution in [1.29, 1.82) is 0 Å². The third kappa shape index (κ3) is 4.27. The summed E-state index contributed by atoms with van der Waals surface area (Å²) in [5.74, 6) is 0.485. The maximum Gasteiger partial charge on any atom is 0.333 e. The molecule has 0 bridgehead atoms. The molecule has 5 rings (SSSR count). The van der Waals surface area contributed by atoms with Crippen LogP contribution >= 0.6 is 0 Å². The Balaban J connectivity index is 0.00000231. The van der Waals surface area contributed by atoms with Crippen molar-refractivity contribution in [2.75, 3.05) is 5.32 Å². The minimum Gasteiger partial charge on any atom is -0.307 e. The summed E-state index contributed by atoms with van der Waals surface area (Å²) < 4.78 is 28.8. The Bertz CT molecular complexity index is 1210. The van der Waals surface area contributed by atoms with Crippen LogP contribution in [0.15, 0.2) is 47.8 Å². The molecule has 0 aliphatic heterocycles. The van der Waals surface area contributed by atoms with Gasteiger partial charge >= 0.3 is 6.03 Å². The molecule has 1 radical (unpaired) electrons. The summed E-state index contributed by atoms with van der Waals surface area (Å²) in [6, 6.07) is 8.07. The zero-order chi connectivity index (χ0) is 20.7. The van der Waals surface area contributed by atoms with Crippen LogP contribution < -0.4 is 10.0 Å². The molecule has 0 saturated carbocycles. The van der Waals surface area contributed by atoms with Crippen molar-refractivity contribution in [3.63, 3.8) is 0 Å². The van der Waals surface area contributed by atoms with E-state index in [1.54, 1.807) is 24.4 Å². The molecule has 2 aliphatic rings. The second-order valence-electron chi connectivity index (χ2n) is 7.58. The van der Waals surface area contributed by atoms with E-state index in [0.29, 0.717) is 5.82 Å². The van der Waals surface area contributed by atoms with Crippen molar-refractivity contribution in [3.05, 3.63) is 65.0 Å². The Morgan fingerprint density at radius 3 is 2.35 bits per heavy atom. The van der Waals surface area contributed by atoms with Crippen molar-refractivity contribution in [2.24, 2.45) is 0 Å². The fraction of sp³-hybridized carbons (Fsp3) is 0.286. The fourth-order valence-corrected chi connectivity index (χ4v) is 5.18. The average Bonchev–Trinajstić information content (AvgIpc) is 3.48. The van der Waals surface area contributed by atoms with E-state index in [-0.39, 0.29) is 34.6 Å². The van der Waals surface area contributed by atoms with E-state index in [0.717, 1.165) is 55.3 Å². The predicted octanol–water partition coefficient (Wildman–Crippen LogP) is 2.37. The molecule has 2 N–H and O–H groups in total. The molecule has 31 heavy (non-hydrogen) atoms. The number of pyridine rings is 1. The number of carbonyl (C=O) groups excluding carboxylic acids is 1. The van der Waals surface area contributed by atoms with Gasteiger partial charge in [0.2, 0.25) is 0 Å². The Morgan fingerprint density at radius 1 is 1.00 bits per heavy atom. The number of anilines is 1. The topological polar surface area (TPSA) is 106 Å². The van der Waals surface area contributed by atoms with Gasteiger partial charge in [-0.05, 0) is 79.0 Å². The summed E-state index contributed by atoms with van der Waals surface area (Å²) in [5.41, 5.74) is 5.61. The second kappa shape index (κ2) is 8.74. The largest absolute Gasteiger partial charge is 0.333 e. The standard InChI is InChI=1S/C21H21N5O3S.Na/c27-21(23-20-16-7-3-5-14(16)13-15-6-4-8-17(15)20)25-30(28,29)19-10-12-26(24-19)18-9-1-2-11-22-18;/h1-2,9-13H,3-8H2,(H2,23,25,27);. The molecule has 2 aromatic heterocycles. The van der Waals surface area contributed by atoms with Gasteiger partial charge in [-0.3, -0.25) is 0 Å². The summed E-state index contributed by atoms with van der Waals surface area (Å²) in [5, 5.41) is 6.64. The molecule has 0 atom stereocenters. The fourth-order valence-electron chi connectivity index (χ4n) is 4.35. The monoisotopic (exact) mass is 446 g/mol. The number of hydrogen-bond acceptors (Lipinski definition) is 5. The first-order valence-electron chi connectivity index (χ1n) is 9.99. The van der Waals surface area contributed by atoms with Crippen molar-refractivity contribution in [1.82, 2.24) is 19.5 Å². The van der Waals surface area contributed by atoms with Gasteiger partial charge in [0.15, 0.2) is 10.8 Å². The maximum absolute atomic E-state index is 12.7. The van der Waals surface area contributed by atoms with Crippen LogP contribution in [0.2, 0.25) is 0 Å².